The van der Waals surface area contributed by atoms with E-state index in [4.69, 9.17) is 16.0 Å². The molecule has 0 N–H and O–H groups in total. The summed E-state index contributed by atoms with van der Waals surface area (Å²) in [4.78, 5) is 15.8. The molecule has 0 aliphatic carbocycles. The molecular formula is C19H18ClNO2S. The Hall–Kier alpha value is -1.62. The maximum atomic E-state index is 12.0. The van der Waals surface area contributed by atoms with Crippen LogP contribution in [0.15, 0.2) is 38.9 Å². The van der Waals surface area contributed by atoms with Crippen LogP contribution < -0.4 is 5.63 Å². The molecule has 0 saturated heterocycles. The number of fused-ring (bicyclic) bond motifs is 2. The van der Waals surface area contributed by atoms with Crippen molar-refractivity contribution in [1.82, 2.24) is 4.90 Å². The van der Waals surface area contributed by atoms with E-state index in [1.54, 1.807) is 6.07 Å². The van der Waals surface area contributed by atoms with Crippen molar-refractivity contribution in [3.63, 3.8) is 0 Å². The minimum absolute atomic E-state index is 0.296. The van der Waals surface area contributed by atoms with Crippen LogP contribution in [-0.2, 0) is 25.9 Å². The Morgan fingerprint density at radius 1 is 1.29 bits per heavy atom. The highest BCUT2D eigenvalue weighted by Crippen LogP contribution is 2.29. The molecule has 1 aliphatic heterocycles. The van der Waals surface area contributed by atoms with Crippen LogP contribution in [0, 0.1) is 0 Å². The SMILES string of the molecule is CCc1cc2oc(=O)cc(CN3CCc4sccc4C3)c2cc1Cl. The van der Waals surface area contributed by atoms with E-state index in [0.717, 1.165) is 54.0 Å². The second-order valence-electron chi connectivity index (χ2n) is 6.21. The van der Waals surface area contributed by atoms with Crippen molar-refractivity contribution in [3.8, 4) is 0 Å². The zero-order valence-electron chi connectivity index (χ0n) is 13.5. The van der Waals surface area contributed by atoms with Gasteiger partial charge in [0.25, 0.3) is 0 Å². The molecule has 0 fully saturated rings. The van der Waals surface area contributed by atoms with Crippen LogP contribution in [0.5, 0.6) is 0 Å². The molecule has 4 rings (SSSR count). The molecule has 0 unspecified atom stereocenters. The molecular weight excluding hydrogens is 342 g/mol. The van der Waals surface area contributed by atoms with E-state index in [1.807, 2.05) is 30.4 Å². The average molecular weight is 360 g/mol. The monoisotopic (exact) mass is 359 g/mol. The minimum atomic E-state index is -0.296. The summed E-state index contributed by atoms with van der Waals surface area (Å²) < 4.78 is 5.40. The van der Waals surface area contributed by atoms with Crippen LogP contribution in [0.3, 0.4) is 0 Å². The zero-order valence-corrected chi connectivity index (χ0v) is 15.0. The lowest BCUT2D eigenvalue weighted by atomic mass is 10.0. The number of benzene rings is 1. The molecule has 2 aromatic heterocycles. The van der Waals surface area contributed by atoms with E-state index in [1.165, 1.54) is 10.4 Å². The molecule has 5 heteroatoms. The fraction of sp³-hybridized carbons (Fsp3) is 0.316. The lowest BCUT2D eigenvalue weighted by Crippen LogP contribution is -2.29. The summed E-state index contributed by atoms with van der Waals surface area (Å²) in [6, 6.07) is 7.64. The third-order valence-corrected chi connectivity index (χ3v) is 6.03. The Morgan fingerprint density at radius 2 is 2.17 bits per heavy atom. The molecule has 0 radical (unpaired) electrons. The molecule has 0 bridgehead atoms. The normalized spacial score (nSPS) is 14.9. The van der Waals surface area contributed by atoms with E-state index >= 15 is 0 Å². The van der Waals surface area contributed by atoms with Crippen molar-refractivity contribution in [2.45, 2.75) is 32.9 Å². The molecule has 0 spiro atoms. The molecule has 0 atom stereocenters. The summed E-state index contributed by atoms with van der Waals surface area (Å²) in [6.07, 6.45) is 1.89. The van der Waals surface area contributed by atoms with Gasteiger partial charge in [0.2, 0.25) is 0 Å². The van der Waals surface area contributed by atoms with Crippen molar-refractivity contribution in [2.24, 2.45) is 0 Å². The number of halogens is 1. The topological polar surface area (TPSA) is 33.5 Å². The van der Waals surface area contributed by atoms with Gasteiger partial charge in [0.15, 0.2) is 0 Å². The summed E-state index contributed by atoms with van der Waals surface area (Å²) >= 11 is 8.21. The van der Waals surface area contributed by atoms with Gasteiger partial charge in [0.05, 0.1) is 0 Å². The van der Waals surface area contributed by atoms with E-state index in [0.29, 0.717) is 5.58 Å². The molecule has 1 aliphatic rings. The van der Waals surface area contributed by atoms with Gasteiger partial charge in [-0.25, -0.2) is 4.79 Å². The van der Waals surface area contributed by atoms with Crippen LogP contribution >= 0.6 is 22.9 Å². The van der Waals surface area contributed by atoms with Crippen LogP contribution in [0.2, 0.25) is 5.02 Å². The first-order chi connectivity index (χ1) is 11.6. The van der Waals surface area contributed by atoms with Gasteiger partial charge in [-0.1, -0.05) is 18.5 Å². The fourth-order valence-electron chi connectivity index (χ4n) is 3.37. The van der Waals surface area contributed by atoms with Crippen molar-refractivity contribution in [3.05, 3.63) is 66.7 Å². The lowest BCUT2D eigenvalue weighted by Gasteiger charge is -2.27. The van der Waals surface area contributed by atoms with Crippen LogP contribution in [-0.4, -0.2) is 11.4 Å². The van der Waals surface area contributed by atoms with Crippen LogP contribution in [0.4, 0.5) is 0 Å². The van der Waals surface area contributed by atoms with Crippen LogP contribution in [0.1, 0.15) is 28.5 Å². The van der Waals surface area contributed by atoms with E-state index in [-0.39, 0.29) is 5.63 Å². The highest BCUT2D eigenvalue weighted by Gasteiger charge is 2.19. The van der Waals surface area contributed by atoms with E-state index in [9.17, 15) is 4.79 Å². The quantitative estimate of drug-likeness (QED) is 0.639. The second-order valence-corrected chi connectivity index (χ2v) is 7.62. The first-order valence-electron chi connectivity index (χ1n) is 8.17. The Morgan fingerprint density at radius 3 is 3.00 bits per heavy atom. The maximum absolute atomic E-state index is 12.0. The van der Waals surface area contributed by atoms with Crippen molar-refractivity contribution >= 4 is 33.9 Å². The molecule has 0 amide bonds. The number of thiophene rings is 1. The summed E-state index contributed by atoms with van der Waals surface area (Å²) in [5, 5.41) is 3.83. The summed E-state index contributed by atoms with van der Waals surface area (Å²) in [5.41, 5.74) is 3.74. The van der Waals surface area contributed by atoms with Crippen molar-refractivity contribution in [2.75, 3.05) is 6.54 Å². The predicted octanol–water partition coefficient (Wildman–Crippen LogP) is 4.63. The Labute approximate surface area is 149 Å². The fourth-order valence-corrected chi connectivity index (χ4v) is 4.56. The lowest BCUT2D eigenvalue weighted by molar-refractivity contribution is 0.248. The number of nitrogens with zero attached hydrogens (tertiary/aromatic N) is 1. The summed E-state index contributed by atoms with van der Waals surface area (Å²) in [7, 11) is 0. The largest absolute Gasteiger partial charge is 0.423 e. The second kappa shape index (κ2) is 6.36. The highest BCUT2D eigenvalue weighted by atomic mass is 35.5. The van der Waals surface area contributed by atoms with Gasteiger partial charge in [-0.3, -0.25) is 4.90 Å². The first-order valence-corrected chi connectivity index (χ1v) is 9.42. The number of hydrogen-bond donors (Lipinski definition) is 0. The maximum Gasteiger partial charge on any atom is 0.336 e. The standard InChI is InChI=1S/C19H18ClNO2S/c1-2-12-7-17-15(9-16(12)20)14(8-19(22)23-17)11-21-5-3-18-13(10-21)4-6-24-18/h4,6-9H,2-3,5,10-11H2,1H3. The Kier molecular flexibility index (Phi) is 4.21. The molecule has 3 aromatic rings. The minimum Gasteiger partial charge on any atom is -0.423 e. The Balaban J connectivity index is 1.71. The highest BCUT2D eigenvalue weighted by molar-refractivity contribution is 7.10. The summed E-state index contributed by atoms with van der Waals surface area (Å²) in [6.45, 7) is 4.72. The van der Waals surface area contributed by atoms with Gasteiger partial charge in [-0.15, -0.1) is 11.3 Å². The molecule has 1 aromatic carbocycles. The van der Waals surface area contributed by atoms with Crippen molar-refractivity contribution < 1.29 is 4.42 Å². The van der Waals surface area contributed by atoms with Gasteiger partial charge in [0.1, 0.15) is 5.58 Å². The molecule has 124 valence electrons. The number of hydrogen-bond acceptors (Lipinski definition) is 4. The van der Waals surface area contributed by atoms with E-state index < -0.39 is 0 Å². The number of rotatable bonds is 3. The number of aryl methyl sites for hydroxylation is 1. The third kappa shape index (κ3) is 2.90. The van der Waals surface area contributed by atoms with Gasteiger partial charge >= 0.3 is 5.63 Å². The summed E-state index contributed by atoms with van der Waals surface area (Å²) in [5.74, 6) is 0. The van der Waals surface area contributed by atoms with Gasteiger partial charge in [0, 0.05) is 41.0 Å². The molecule has 0 saturated carbocycles. The zero-order chi connectivity index (χ0) is 16.7. The Bertz CT molecular complexity index is 960. The van der Waals surface area contributed by atoms with Gasteiger partial charge in [-0.05, 0) is 53.1 Å². The molecule has 24 heavy (non-hydrogen) atoms. The smallest absolute Gasteiger partial charge is 0.336 e. The third-order valence-electron chi connectivity index (χ3n) is 4.66. The molecule has 3 nitrogen and oxygen atoms in total. The first kappa shape index (κ1) is 15.9. The van der Waals surface area contributed by atoms with Crippen LogP contribution in [0.25, 0.3) is 11.0 Å². The van der Waals surface area contributed by atoms with Gasteiger partial charge in [-0.2, -0.15) is 0 Å². The predicted molar refractivity (Wildman–Crippen MR) is 99.0 cm³/mol. The average Bonchev–Trinajstić information content (AvgIpc) is 3.02. The van der Waals surface area contributed by atoms with Gasteiger partial charge < -0.3 is 4.42 Å². The van der Waals surface area contributed by atoms with Crippen molar-refractivity contribution in [1.29, 1.82) is 0 Å². The molecule has 3 heterocycles. The van der Waals surface area contributed by atoms with E-state index in [2.05, 4.69) is 16.3 Å².